The highest BCUT2D eigenvalue weighted by molar-refractivity contribution is 9.10. The Morgan fingerprint density at radius 1 is 1.00 bits per heavy atom. The fourth-order valence-electron chi connectivity index (χ4n) is 10.1. The molecule has 5 aromatic rings. The summed E-state index contributed by atoms with van der Waals surface area (Å²) in [5.74, 6) is -0.197. The Bertz CT molecular complexity index is 2430. The second kappa shape index (κ2) is 18.8. The molecule has 4 N–H and O–H groups in total. The average Bonchev–Trinajstić information content (AvgIpc) is 3.92. The molecule has 15 heteroatoms. The lowest BCUT2D eigenvalue weighted by atomic mass is 9.82. The Kier molecular flexibility index (Phi) is 13.4. The van der Waals surface area contributed by atoms with E-state index in [1.54, 1.807) is 14.5 Å². The molecule has 63 heavy (non-hydrogen) atoms. The molecule has 1 spiro atoms. The number of halogens is 1. The predicted molar refractivity (Wildman–Crippen MR) is 248 cm³/mol. The van der Waals surface area contributed by atoms with Gasteiger partial charge < -0.3 is 34.7 Å². The van der Waals surface area contributed by atoms with Gasteiger partial charge in [-0.1, -0.05) is 70.5 Å². The number of amides is 2. The SMILES string of the molecule is CCOc1ccc2c(c1)CC(NCCCCO)C(=O)N2c1cccc(CN2C(=O)[C@@]3(O[C@@H](CCn4cc(C(CO)c5ccccc5)nn4)[C@H]([Si](C)(C)O)[C@H]3C)c3cc(Br)ccc32)c1. The molecular formula is C48H57BrN6O7Si. The van der Waals surface area contributed by atoms with Gasteiger partial charge in [0.05, 0.1) is 54.9 Å². The summed E-state index contributed by atoms with van der Waals surface area (Å²) < 4.78 is 15.5. The first-order valence-electron chi connectivity index (χ1n) is 22.0. The molecular weight excluding hydrogens is 881 g/mol. The van der Waals surface area contributed by atoms with E-state index in [9.17, 15) is 19.8 Å². The number of nitrogens with zero attached hydrogens (tertiary/aromatic N) is 5. The monoisotopic (exact) mass is 936 g/mol. The Balaban J connectivity index is 1.08. The van der Waals surface area contributed by atoms with E-state index in [1.807, 2.05) is 124 Å². The molecule has 4 heterocycles. The minimum Gasteiger partial charge on any atom is -0.494 e. The molecule has 4 aromatic carbocycles. The van der Waals surface area contributed by atoms with Crippen molar-refractivity contribution in [3.63, 3.8) is 0 Å². The third-order valence-electron chi connectivity index (χ3n) is 12.9. The highest BCUT2D eigenvalue weighted by Crippen LogP contribution is 2.60. The quantitative estimate of drug-likeness (QED) is 0.0568. The number of ether oxygens (including phenoxy) is 2. The molecule has 0 saturated carbocycles. The minimum atomic E-state index is -2.94. The Morgan fingerprint density at radius 3 is 2.54 bits per heavy atom. The van der Waals surface area contributed by atoms with E-state index >= 15 is 4.79 Å². The molecule has 0 aliphatic carbocycles. The van der Waals surface area contributed by atoms with Gasteiger partial charge in [0.25, 0.3) is 5.91 Å². The van der Waals surface area contributed by atoms with Crippen LogP contribution in [0.5, 0.6) is 5.75 Å². The maximum Gasteiger partial charge on any atom is 0.264 e. The molecule has 2 amide bonds. The standard InChI is InChI=1S/C48H57BrN6O7Si/c1-5-61-37-17-19-42-34(25-37)26-40(50-21-9-10-23-56)46(58)55(42)36-15-11-12-32(24-36)28-54-43-18-16-35(49)27-39(43)48(47(54)59)31(2)45(63(3,4)60)44(62-48)20-22-53-29-41(51-52-53)38(30-57)33-13-7-6-8-14-33/h6-8,11-19,24-25,27,29,31,38,40,44-45,50,56-57,60H,5,9-10,20-23,26,28,30H2,1-4H3/t31-,38?,40?,44+,45-,48+/m1/s1. The maximum atomic E-state index is 15.3. The van der Waals surface area contributed by atoms with E-state index in [0.717, 1.165) is 50.3 Å². The molecule has 1 aromatic heterocycles. The van der Waals surface area contributed by atoms with Crippen LogP contribution in [0.3, 0.4) is 0 Å². The van der Waals surface area contributed by atoms with Crippen molar-refractivity contribution in [3.8, 4) is 5.75 Å². The van der Waals surface area contributed by atoms with Crippen molar-refractivity contribution < 1.29 is 34.1 Å². The number of anilines is 3. The van der Waals surface area contributed by atoms with E-state index in [2.05, 4.69) is 31.6 Å². The van der Waals surface area contributed by atoms with Crippen molar-refractivity contribution in [2.24, 2.45) is 5.92 Å². The summed E-state index contributed by atoms with van der Waals surface area (Å²) in [5.41, 5.74) is 4.76. The van der Waals surface area contributed by atoms with Gasteiger partial charge in [-0.3, -0.25) is 19.2 Å². The number of hydrogen-bond acceptors (Lipinski definition) is 10. The van der Waals surface area contributed by atoms with Crippen LogP contribution in [0.15, 0.2) is 102 Å². The highest BCUT2D eigenvalue weighted by Gasteiger charge is 2.66. The zero-order valence-corrected chi connectivity index (χ0v) is 38.9. The van der Waals surface area contributed by atoms with Crippen LogP contribution in [0.1, 0.15) is 67.0 Å². The first-order valence-corrected chi connectivity index (χ1v) is 25.8. The van der Waals surface area contributed by atoms with Crippen LogP contribution >= 0.6 is 15.9 Å². The van der Waals surface area contributed by atoms with E-state index in [-0.39, 0.29) is 48.9 Å². The van der Waals surface area contributed by atoms with Gasteiger partial charge in [-0.25, -0.2) is 0 Å². The fourth-order valence-corrected chi connectivity index (χ4v) is 13.0. The third kappa shape index (κ3) is 8.76. The number of aromatic nitrogens is 3. The van der Waals surface area contributed by atoms with Crippen molar-refractivity contribution >= 4 is 53.1 Å². The van der Waals surface area contributed by atoms with Crippen molar-refractivity contribution in [1.82, 2.24) is 20.3 Å². The van der Waals surface area contributed by atoms with Crippen molar-refractivity contribution in [2.45, 2.75) is 94.9 Å². The summed E-state index contributed by atoms with van der Waals surface area (Å²) in [5, 5.41) is 31.8. The fraction of sp³-hybridized carbons (Fsp3) is 0.417. The molecule has 2 unspecified atom stereocenters. The van der Waals surface area contributed by atoms with Crippen LogP contribution in [0.2, 0.25) is 18.6 Å². The summed E-state index contributed by atoms with van der Waals surface area (Å²) in [6, 6.07) is 28.7. The van der Waals surface area contributed by atoms with Crippen LogP contribution in [-0.2, 0) is 39.4 Å². The molecule has 3 aliphatic heterocycles. The van der Waals surface area contributed by atoms with Crippen molar-refractivity contribution in [3.05, 3.63) is 130 Å². The van der Waals surface area contributed by atoms with Crippen LogP contribution in [0.4, 0.5) is 17.1 Å². The normalized spacial score (nSPS) is 22.5. The second-order valence-corrected chi connectivity index (χ2v) is 22.4. The van der Waals surface area contributed by atoms with Crippen molar-refractivity contribution in [2.75, 3.05) is 36.2 Å². The van der Waals surface area contributed by atoms with E-state index in [0.29, 0.717) is 50.3 Å². The number of carbonyl (C=O) groups excluding carboxylic acids is 2. The van der Waals surface area contributed by atoms with E-state index < -0.39 is 26.1 Å². The summed E-state index contributed by atoms with van der Waals surface area (Å²) in [6.07, 6.45) is 3.78. The lowest BCUT2D eigenvalue weighted by Gasteiger charge is -2.35. The first-order chi connectivity index (χ1) is 30.4. The molecule has 1 fully saturated rings. The number of aliphatic hydroxyl groups is 2. The van der Waals surface area contributed by atoms with Crippen molar-refractivity contribution in [1.29, 1.82) is 0 Å². The largest absolute Gasteiger partial charge is 0.494 e. The number of benzene rings is 4. The topological polar surface area (TPSA) is 163 Å². The predicted octanol–water partition coefficient (Wildman–Crippen LogP) is 6.95. The highest BCUT2D eigenvalue weighted by atomic mass is 79.9. The zero-order chi connectivity index (χ0) is 44.5. The lowest BCUT2D eigenvalue weighted by molar-refractivity contribution is -0.146. The van der Waals surface area contributed by atoms with E-state index in [4.69, 9.17) is 9.47 Å². The second-order valence-electron chi connectivity index (χ2n) is 17.5. The van der Waals surface area contributed by atoms with Gasteiger partial charge in [-0.15, -0.1) is 5.10 Å². The number of unbranched alkanes of at least 4 members (excludes halogenated alkanes) is 1. The summed E-state index contributed by atoms with van der Waals surface area (Å²) in [4.78, 5) is 45.1. The number of aryl methyl sites for hydroxylation is 1. The molecule has 0 radical (unpaired) electrons. The molecule has 332 valence electrons. The molecule has 6 atom stereocenters. The molecule has 0 bridgehead atoms. The Morgan fingerprint density at radius 2 is 1.79 bits per heavy atom. The first kappa shape index (κ1) is 44.8. The Hall–Kier alpha value is -4.74. The number of nitrogens with one attached hydrogen (secondary N) is 1. The lowest BCUT2D eigenvalue weighted by Crippen LogP contribution is -2.49. The summed E-state index contributed by atoms with van der Waals surface area (Å²) in [7, 11) is -2.94. The summed E-state index contributed by atoms with van der Waals surface area (Å²) >= 11 is 3.68. The number of hydrogen-bond donors (Lipinski definition) is 4. The van der Waals surface area contributed by atoms with Gasteiger partial charge in [0.1, 0.15) is 5.75 Å². The van der Waals surface area contributed by atoms with Gasteiger partial charge in [0, 0.05) is 46.5 Å². The van der Waals surface area contributed by atoms with Gasteiger partial charge >= 0.3 is 0 Å². The minimum absolute atomic E-state index is 0.0771. The smallest absolute Gasteiger partial charge is 0.264 e. The zero-order valence-electron chi connectivity index (χ0n) is 36.3. The summed E-state index contributed by atoms with van der Waals surface area (Å²) in [6.45, 7) is 9.59. The number of fused-ring (bicyclic) bond motifs is 3. The average molecular weight is 938 g/mol. The van der Waals surface area contributed by atoms with Crippen LogP contribution in [-0.4, -0.2) is 88.6 Å². The molecule has 13 nitrogen and oxygen atoms in total. The number of aliphatic hydroxyl groups excluding tert-OH is 2. The van der Waals surface area contributed by atoms with Crippen LogP contribution < -0.4 is 19.9 Å². The van der Waals surface area contributed by atoms with Crippen LogP contribution in [0, 0.1) is 5.92 Å². The maximum absolute atomic E-state index is 15.3. The number of rotatable bonds is 17. The van der Waals surface area contributed by atoms with E-state index in [1.165, 1.54) is 0 Å². The van der Waals surface area contributed by atoms with Gasteiger partial charge in [0.15, 0.2) is 13.9 Å². The Labute approximate surface area is 378 Å². The van der Waals surface area contributed by atoms with Crippen LogP contribution in [0.25, 0.3) is 0 Å². The van der Waals surface area contributed by atoms with Gasteiger partial charge in [-0.2, -0.15) is 0 Å². The molecule has 1 saturated heterocycles. The third-order valence-corrected chi connectivity index (χ3v) is 15.9. The molecule has 8 rings (SSSR count). The molecule has 3 aliphatic rings. The van der Waals surface area contributed by atoms with Gasteiger partial charge in [-0.05, 0) is 117 Å². The number of carbonyl (C=O) groups is 2. The van der Waals surface area contributed by atoms with Gasteiger partial charge in [0.2, 0.25) is 5.91 Å².